The molecule has 38 heavy (non-hydrogen) atoms. The zero-order valence-electron chi connectivity index (χ0n) is 23.2. The number of carbonyl (C=O) groups excluding carboxylic acids is 4. The maximum Gasteiger partial charge on any atom is 0.410 e. The van der Waals surface area contributed by atoms with Crippen LogP contribution < -0.4 is 5.32 Å². The first kappa shape index (κ1) is 29.3. The summed E-state index contributed by atoms with van der Waals surface area (Å²) in [5.74, 6) is -0.183. The van der Waals surface area contributed by atoms with Crippen molar-refractivity contribution in [1.82, 2.24) is 20.0 Å². The molecule has 0 radical (unpaired) electrons. The summed E-state index contributed by atoms with van der Waals surface area (Å²) in [7, 11) is 0. The maximum atomic E-state index is 13.6. The van der Waals surface area contributed by atoms with Crippen LogP contribution in [0.2, 0.25) is 0 Å². The summed E-state index contributed by atoms with van der Waals surface area (Å²) < 4.78 is 10.7. The van der Waals surface area contributed by atoms with Crippen LogP contribution in [0.3, 0.4) is 0 Å². The van der Waals surface area contributed by atoms with Crippen LogP contribution in [0, 0.1) is 0 Å². The zero-order chi connectivity index (χ0) is 27.8. The predicted molar refractivity (Wildman–Crippen MR) is 142 cm³/mol. The van der Waals surface area contributed by atoms with E-state index in [-0.39, 0.29) is 18.5 Å². The minimum Gasteiger partial charge on any atom is -0.445 e. The van der Waals surface area contributed by atoms with Gasteiger partial charge in [-0.3, -0.25) is 9.69 Å². The van der Waals surface area contributed by atoms with Gasteiger partial charge in [-0.15, -0.1) is 0 Å². The molecule has 2 fully saturated rings. The average molecular weight is 531 g/mol. The van der Waals surface area contributed by atoms with Crippen LogP contribution >= 0.6 is 0 Å². The molecule has 3 rings (SSSR count). The number of hydrogen-bond donors (Lipinski definition) is 1. The predicted octanol–water partition coefficient (Wildman–Crippen LogP) is 4.53. The van der Waals surface area contributed by atoms with Gasteiger partial charge >= 0.3 is 18.2 Å². The largest absolute Gasteiger partial charge is 0.445 e. The number of hydrogen-bond acceptors (Lipinski definition) is 6. The molecule has 2 aliphatic heterocycles. The van der Waals surface area contributed by atoms with Crippen molar-refractivity contribution in [2.75, 3.05) is 32.7 Å². The molecule has 1 aromatic carbocycles. The van der Waals surface area contributed by atoms with Crippen LogP contribution in [-0.4, -0.2) is 82.7 Å². The molecule has 0 aliphatic carbocycles. The monoisotopic (exact) mass is 530 g/mol. The van der Waals surface area contributed by atoms with E-state index in [0.29, 0.717) is 58.4 Å². The van der Waals surface area contributed by atoms with E-state index >= 15 is 0 Å². The first-order valence-corrected chi connectivity index (χ1v) is 13.6. The highest BCUT2D eigenvalue weighted by molar-refractivity contribution is 6.07. The average Bonchev–Trinajstić information content (AvgIpc) is 3.06. The highest BCUT2D eigenvalue weighted by Gasteiger charge is 2.57. The SMILES string of the molecule is CCCCN1C(=O)N(CCCCNC(=O)OCc2ccccc2)C(=O)C12CCN(C(=O)OC(C)(C)C)CC2. The molecule has 0 aromatic heterocycles. The molecule has 1 spiro atoms. The number of benzene rings is 1. The molecule has 0 atom stereocenters. The van der Waals surface area contributed by atoms with Crippen LogP contribution in [0.5, 0.6) is 0 Å². The number of ether oxygens (including phenoxy) is 2. The van der Waals surface area contributed by atoms with Gasteiger partial charge in [0.05, 0.1) is 0 Å². The van der Waals surface area contributed by atoms with Gasteiger partial charge in [0.2, 0.25) is 0 Å². The molecule has 1 N–H and O–H groups in total. The molecular formula is C28H42N4O6. The fraction of sp³-hybridized carbons (Fsp3) is 0.643. The van der Waals surface area contributed by atoms with Crippen molar-refractivity contribution in [3.05, 3.63) is 35.9 Å². The molecular weight excluding hydrogens is 488 g/mol. The summed E-state index contributed by atoms with van der Waals surface area (Å²) in [6.07, 6.45) is 2.78. The highest BCUT2D eigenvalue weighted by atomic mass is 16.6. The normalized spacial score (nSPS) is 17.2. The number of unbranched alkanes of at least 4 members (excludes halogenated alkanes) is 2. The van der Waals surface area contributed by atoms with Crippen molar-refractivity contribution in [2.24, 2.45) is 0 Å². The van der Waals surface area contributed by atoms with Gasteiger partial charge in [0, 0.05) is 32.7 Å². The van der Waals surface area contributed by atoms with Crippen LogP contribution in [-0.2, 0) is 20.9 Å². The van der Waals surface area contributed by atoms with E-state index in [0.717, 1.165) is 18.4 Å². The van der Waals surface area contributed by atoms with Crippen molar-refractivity contribution >= 4 is 24.1 Å². The molecule has 1 aromatic rings. The third-order valence-electron chi connectivity index (χ3n) is 6.89. The van der Waals surface area contributed by atoms with E-state index in [1.165, 1.54) is 4.90 Å². The lowest BCUT2D eigenvalue weighted by atomic mass is 9.85. The third-order valence-corrected chi connectivity index (χ3v) is 6.89. The van der Waals surface area contributed by atoms with Crippen molar-refractivity contribution in [3.8, 4) is 0 Å². The minimum atomic E-state index is -0.912. The van der Waals surface area contributed by atoms with Gasteiger partial charge in [-0.05, 0) is 58.4 Å². The maximum absolute atomic E-state index is 13.6. The minimum absolute atomic E-state index is 0.183. The van der Waals surface area contributed by atoms with E-state index in [2.05, 4.69) is 12.2 Å². The fourth-order valence-corrected chi connectivity index (χ4v) is 4.83. The van der Waals surface area contributed by atoms with Crippen LogP contribution in [0.1, 0.15) is 71.8 Å². The lowest BCUT2D eigenvalue weighted by molar-refractivity contribution is -0.135. The lowest BCUT2D eigenvalue weighted by Crippen LogP contribution is -2.57. The summed E-state index contributed by atoms with van der Waals surface area (Å²) in [4.78, 5) is 56.1. The van der Waals surface area contributed by atoms with Crippen LogP contribution in [0.15, 0.2) is 30.3 Å². The van der Waals surface area contributed by atoms with Crippen molar-refractivity contribution in [3.63, 3.8) is 0 Å². The quantitative estimate of drug-likeness (QED) is 0.352. The van der Waals surface area contributed by atoms with E-state index in [1.807, 2.05) is 51.1 Å². The summed E-state index contributed by atoms with van der Waals surface area (Å²) in [5.41, 5.74) is -0.597. The number of nitrogens with zero attached hydrogens (tertiary/aromatic N) is 3. The molecule has 2 aliphatic rings. The molecule has 0 saturated carbocycles. The molecule has 0 unspecified atom stereocenters. The summed E-state index contributed by atoms with van der Waals surface area (Å²) in [6, 6.07) is 9.18. The second-order valence-electron chi connectivity index (χ2n) is 10.9. The standard InChI is InChI=1S/C28H42N4O6/c1-5-6-18-32-25(35)31(17-11-10-16-29-24(34)37-21-22-12-8-7-9-13-22)23(33)28(32)14-19-30(20-15-28)26(36)38-27(2,3)4/h7-9,12-13H,5-6,10-11,14-21H2,1-4H3,(H,29,34). The van der Waals surface area contributed by atoms with E-state index in [1.54, 1.807) is 9.80 Å². The number of urea groups is 1. The Morgan fingerprint density at radius 2 is 1.68 bits per heavy atom. The topological polar surface area (TPSA) is 108 Å². The Bertz CT molecular complexity index is 969. The molecule has 5 amide bonds. The number of nitrogens with one attached hydrogen (secondary N) is 1. The first-order valence-electron chi connectivity index (χ1n) is 13.6. The number of piperidine rings is 1. The fourth-order valence-electron chi connectivity index (χ4n) is 4.83. The molecule has 2 saturated heterocycles. The highest BCUT2D eigenvalue weighted by Crippen LogP contribution is 2.38. The summed E-state index contributed by atoms with van der Waals surface area (Å²) in [5, 5.41) is 2.72. The lowest BCUT2D eigenvalue weighted by Gasteiger charge is -2.42. The molecule has 10 heteroatoms. The van der Waals surface area contributed by atoms with E-state index in [4.69, 9.17) is 9.47 Å². The second-order valence-corrected chi connectivity index (χ2v) is 10.9. The van der Waals surface area contributed by atoms with E-state index in [9.17, 15) is 19.2 Å². The van der Waals surface area contributed by atoms with Gasteiger partial charge in [-0.1, -0.05) is 43.7 Å². The van der Waals surface area contributed by atoms with Gasteiger partial charge in [0.25, 0.3) is 5.91 Å². The van der Waals surface area contributed by atoms with Crippen molar-refractivity contribution < 1.29 is 28.7 Å². The number of rotatable bonds is 10. The molecule has 210 valence electrons. The Balaban J connectivity index is 1.50. The zero-order valence-corrected chi connectivity index (χ0v) is 23.2. The Hall–Kier alpha value is -3.30. The number of alkyl carbamates (subject to hydrolysis) is 1. The van der Waals surface area contributed by atoms with E-state index < -0.39 is 23.3 Å². The van der Waals surface area contributed by atoms with Gasteiger partial charge in [0.1, 0.15) is 17.7 Å². The van der Waals surface area contributed by atoms with Crippen molar-refractivity contribution in [2.45, 2.75) is 84.0 Å². The first-order chi connectivity index (χ1) is 18.1. The molecule has 2 heterocycles. The smallest absolute Gasteiger partial charge is 0.410 e. The Kier molecular flexibility index (Phi) is 9.99. The number of amides is 5. The third kappa shape index (κ3) is 7.39. The molecule has 0 bridgehead atoms. The second kappa shape index (κ2) is 13.0. The Labute approximate surface area is 225 Å². The van der Waals surface area contributed by atoms with Gasteiger partial charge in [-0.2, -0.15) is 0 Å². The van der Waals surface area contributed by atoms with Gasteiger partial charge in [-0.25, -0.2) is 14.4 Å². The van der Waals surface area contributed by atoms with Crippen LogP contribution in [0.4, 0.5) is 14.4 Å². The number of likely N-dealkylation sites (tertiary alicyclic amines) is 1. The Morgan fingerprint density at radius 1 is 1.00 bits per heavy atom. The number of imide groups is 1. The summed E-state index contributed by atoms with van der Waals surface area (Å²) >= 11 is 0. The van der Waals surface area contributed by atoms with Gasteiger partial charge in [0.15, 0.2) is 0 Å². The van der Waals surface area contributed by atoms with Crippen molar-refractivity contribution in [1.29, 1.82) is 0 Å². The molecule has 10 nitrogen and oxygen atoms in total. The Morgan fingerprint density at radius 3 is 2.32 bits per heavy atom. The number of carbonyl (C=O) groups is 4. The van der Waals surface area contributed by atoms with Crippen LogP contribution in [0.25, 0.3) is 0 Å². The van der Waals surface area contributed by atoms with Gasteiger partial charge < -0.3 is 24.6 Å². The summed E-state index contributed by atoms with van der Waals surface area (Å²) in [6.45, 7) is 9.63.